The molecule has 0 unspecified atom stereocenters. The second kappa shape index (κ2) is 4.76. The molecule has 2 nitrogen and oxygen atoms in total. The standard InChI is InChI=1S/C13H18BrNO/c1-8-6-10(14)7-9(2)13(8)15-11-4-3-5-12(11)16/h6-7,11-12,15-16H,3-5H2,1-2H3/t11-,12-/m1/s1. The number of aliphatic hydroxyl groups excluding tert-OH is 1. The van der Waals surface area contributed by atoms with Crippen LogP contribution < -0.4 is 5.32 Å². The molecule has 2 rings (SSSR count). The Kier molecular flexibility index (Phi) is 3.55. The third-order valence-corrected chi connectivity index (χ3v) is 3.76. The maximum atomic E-state index is 9.81. The molecule has 1 aliphatic carbocycles. The zero-order valence-electron chi connectivity index (χ0n) is 9.76. The lowest BCUT2D eigenvalue weighted by Gasteiger charge is -2.21. The van der Waals surface area contributed by atoms with Crippen molar-refractivity contribution in [2.75, 3.05) is 5.32 Å². The van der Waals surface area contributed by atoms with E-state index in [1.807, 2.05) is 0 Å². The van der Waals surface area contributed by atoms with E-state index < -0.39 is 0 Å². The number of halogens is 1. The van der Waals surface area contributed by atoms with Crippen LogP contribution in [0.4, 0.5) is 5.69 Å². The van der Waals surface area contributed by atoms with Gasteiger partial charge in [-0.2, -0.15) is 0 Å². The highest BCUT2D eigenvalue weighted by atomic mass is 79.9. The summed E-state index contributed by atoms with van der Waals surface area (Å²) in [6.07, 6.45) is 2.91. The van der Waals surface area contributed by atoms with E-state index >= 15 is 0 Å². The van der Waals surface area contributed by atoms with Gasteiger partial charge in [0.15, 0.2) is 0 Å². The Balaban J connectivity index is 2.21. The number of hydrogen-bond donors (Lipinski definition) is 2. The van der Waals surface area contributed by atoms with Crippen LogP contribution in [0.1, 0.15) is 30.4 Å². The van der Waals surface area contributed by atoms with E-state index in [1.165, 1.54) is 16.8 Å². The third kappa shape index (κ3) is 2.41. The quantitative estimate of drug-likeness (QED) is 0.872. The van der Waals surface area contributed by atoms with E-state index in [0.717, 1.165) is 23.7 Å². The van der Waals surface area contributed by atoms with Crippen LogP contribution in [-0.4, -0.2) is 17.3 Å². The lowest BCUT2D eigenvalue weighted by Crippen LogP contribution is -2.28. The molecule has 0 heterocycles. The van der Waals surface area contributed by atoms with Crippen molar-refractivity contribution in [1.82, 2.24) is 0 Å². The van der Waals surface area contributed by atoms with Gasteiger partial charge in [0.25, 0.3) is 0 Å². The molecule has 0 aliphatic heterocycles. The van der Waals surface area contributed by atoms with Crippen molar-refractivity contribution < 1.29 is 5.11 Å². The molecule has 1 saturated carbocycles. The fourth-order valence-corrected chi connectivity index (χ4v) is 3.12. The van der Waals surface area contributed by atoms with Gasteiger partial charge in [0, 0.05) is 10.2 Å². The van der Waals surface area contributed by atoms with Gasteiger partial charge in [-0.15, -0.1) is 0 Å². The Labute approximate surface area is 105 Å². The highest BCUT2D eigenvalue weighted by Gasteiger charge is 2.25. The van der Waals surface area contributed by atoms with Crippen molar-refractivity contribution in [3.63, 3.8) is 0 Å². The summed E-state index contributed by atoms with van der Waals surface area (Å²) in [5.41, 5.74) is 3.63. The topological polar surface area (TPSA) is 32.3 Å². The number of rotatable bonds is 2. The van der Waals surface area contributed by atoms with Crippen LogP contribution in [0.5, 0.6) is 0 Å². The summed E-state index contributed by atoms with van der Waals surface area (Å²) in [5, 5.41) is 13.3. The van der Waals surface area contributed by atoms with E-state index in [4.69, 9.17) is 0 Å². The van der Waals surface area contributed by atoms with Gasteiger partial charge in [-0.3, -0.25) is 0 Å². The van der Waals surface area contributed by atoms with Crippen molar-refractivity contribution in [1.29, 1.82) is 0 Å². The Hall–Kier alpha value is -0.540. The fraction of sp³-hybridized carbons (Fsp3) is 0.538. The van der Waals surface area contributed by atoms with E-state index in [9.17, 15) is 5.11 Å². The monoisotopic (exact) mass is 283 g/mol. The highest BCUT2D eigenvalue weighted by Crippen LogP contribution is 2.29. The summed E-state index contributed by atoms with van der Waals surface area (Å²) in [5.74, 6) is 0. The highest BCUT2D eigenvalue weighted by molar-refractivity contribution is 9.10. The maximum absolute atomic E-state index is 9.81. The summed E-state index contributed by atoms with van der Waals surface area (Å²) < 4.78 is 1.11. The van der Waals surface area contributed by atoms with Gasteiger partial charge in [-0.05, 0) is 56.4 Å². The molecule has 1 fully saturated rings. The van der Waals surface area contributed by atoms with Gasteiger partial charge in [0.1, 0.15) is 0 Å². The normalized spacial score (nSPS) is 24.8. The Morgan fingerprint density at radius 1 is 1.25 bits per heavy atom. The fourth-order valence-electron chi connectivity index (χ4n) is 2.43. The Bertz CT molecular complexity index is 369. The molecule has 3 heteroatoms. The van der Waals surface area contributed by atoms with E-state index in [0.29, 0.717) is 0 Å². The first-order valence-electron chi connectivity index (χ1n) is 5.79. The molecule has 88 valence electrons. The number of aryl methyl sites for hydroxylation is 2. The van der Waals surface area contributed by atoms with Crippen LogP contribution in [0.3, 0.4) is 0 Å². The molecule has 0 radical (unpaired) electrons. The lowest BCUT2D eigenvalue weighted by atomic mass is 10.1. The van der Waals surface area contributed by atoms with Crippen LogP contribution in [0.2, 0.25) is 0 Å². The zero-order valence-corrected chi connectivity index (χ0v) is 11.3. The van der Waals surface area contributed by atoms with Crippen LogP contribution in [0.25, 0.3) is 0 Å². The molecule has 0 amide bonds. The van der Waals surface area contributed by atoms with Crippen LogP contribution in [0.15, 0.2) is 16.6 Å². The molecule has 2 atom stereocenters. The van der Waals surface area contributed by atoms with Crippen LogP contribution >= 0.6 is 15.9 Å². The number of anilines is 1. The second-order valence-electron chi connectivity index (χ2n) is 4.66. The Morgan fingerprint density at radius 2 is 1.88 bits per heavy atom. The smallest absolute Gasteiger partial charge is 0.0741 e. The molecule has 2 N–H and O–H groups in total. The molecule has 0 aromatic heterocycles. The van der Waals surface area contributed by atoms with Crippen molar-refractivity contribution >= 4 is 21.6 Å². The predicted molar refractivity (Wildman–Crippen MR) is 70.9 cm³/mol. The Morgan fingerprint density at radius 3 is 2.38 bits per heavy atom. The van der Waals surface area contributed by atoms with Gasteiger partial charge in [0.2, 0.25) is 0 Å². The summed E-state index contributed by atoms with van der Waals surface area (Å²) in [6.45, 7) is 4.20. The van der Waals surface area contributed by atoms with Gasteiger partial charge in [0.05, 0.1) is 12.1 Å². The lowest BCUT2D eigenvalue weighted by molar-refractivity contribution is 0.172. The van der Waals surface area contributed by atoms with Crippen molar-refractivity contribution in [2.24, 2.45) is 0 Å². The predicted octanol–water partition coefficient (Wildman–Crippen LogP) is 3.39. The number of hydrogen-bond acceptors (Lipinski definition) is 2. The largest absolute Gasteiger partial charge is 0.391 e. The molecule has 0 bridgehead atoms. The molecule has 16 heavy (non-hydrogen) atoms. The van der Waals surface area contributed by atoms with E-state index in [-0.39, 0.29) is 12.1 Å². The molecule has 1 aliphatic rings. The van der Waals surface area contributed by atoms with Crippen molar-refractivity contribution in [2.45, 2.75) is 45.3 Å². The van der Waals surface area contributed by atoms with E-state index in [1.54, 1.807) is 0 Å². The molecular weight excluding hydrogens is 266 g/mol. The van der Waals surface area contributed by atoms with Crippen molar-refractivity contribution in [3.05, 3.63) is 27.7 Å². The summed E-state index contributed by atoms with van der Waals surface area (Å²) in [6, 6.07) is 4.44. The minimum atomic E-state index is -0.192. The average molecular weight is 284 g/mol. The second-order valence-corrected chi connectivity index (χ2v) is 5.58. The van der Waals surface area contributed by atoms with Crippen LogP contribution in [-0.2, 0) is 0 Å². The SMILES string of the molecule is Cc1cc(Br)cc(C)c1N[C@@H]1CCC[C@H]1O. The van der Waals surface area contributed by atoms with Gasteiger partial charge in [-0.25, -0.2) is 0 Å². The van der Waals surface area contributed by atoms with Gasteiger partial charge < -0.3 is 10.4 Å². The van der Waals surface area contributed by atoms with E-state index in [2.05, 4.69) is 47.2 Å². The molecule has 1 aromatic carbocycles. The zero-order chi connectivity index (χ0) is 11.7. The molecule has 0 saturated heterocycles. The first-order valence-corrected chi connectivity index (χ1v) is 6.58. The maximum Gasteiger partial charge on any atom is 0.0741 e. The summed E-state index contributed by atoms with van der Waals surface area (Å²) in [4.78, 5) is 0. The first-order chi connectivity index (χ1) is 7.58. The minimum Gasteiger partial charge on any atom is -0.391 e. The van der Waals surface area contributed by atoms with Crippen molar-refractivity contribution in [3.8, 4) is 0 Å². The third-order valence-electron chi connectivity index (χ3n) is 3.31. The molecular formula is C13H18BrNO. The number of aliphatic hydroxyl groups is 1. The average Bonchev–Trinajstić information content (AvgIpc) is 2.57. The van der Waals surface area contributed by atoms with Gasteiger partial charge in [-0.1, -0.05) is 15.9 Å². The number of benzene rings is 1. The first kappa shape index (κ1) is 11.9. The molecule has 1 aromatic rings. The number of nitrogens with one attached hydrogen (secondary N) is 1. The summed E-state index contributed by atoms with van der Waals surface area (Å²) in [7, 11) is 0. The van der Waals surface area contributed by atoms with Gasteiger partial charge >= 0.3 is 0 Å². The minimum absolute atomic E-state index is 0.192. The summed E-state index contributed by atoms with van der Waals surface area (Å²) >= 11 is 3.49. The molecule has 0 spiro atoms. The van der Waals surface area contributed by atoms with Crippen LogP contribution in [0, 0.1) is 13.8 Å².